The highest BCUT2D eigenvalue weighted by Gasteiger charge is 2.14. The van der Waals surface area contributed by atoms with Crippen LogP contribution in [0.5, 0.6) is 0 Å². The summed E-state index contributed by atoms with van der Waals surface area (Å²) >= 11 is 1.49. The molecule has 62 valence electrons. The molecule has 0 fully saturated rings. The van der Waals surface area contributed by atoms with E-state index in [1.807, 2.05) is 31.2 Å². The Morgan fingerprint density at radius 3 is 2.92 bits per heavy atom. The summed E-state index contributed by atoms with van der Waals surface area (Å²) in [6, 6.07) is 8.14. The minimum absolute atomic E-state index is 0.375. The Kier molecular flexibility index (Phi) is 1.95. The molecule has 1 aliphatic heterocycles. The second-order valence-electron chi connectivity index (χ2n) is 2.85. The van der Waals surface area contributed by atoms with Gasteiger partial charge in [0.2, 0.25) is 0 Å². The van der Waals surface area contributed by atoms with E-state index in [1.54, 1.807) is 0 Å². The van der Waals surface area contributed by atoms with Gasteiger partial charge in [0.05, 0.1) is 0 Å². The van der Waals surface area contributed by atoms with E-state index >= 15 is 0 Å². The minimum atomic E-state index is -0.375. The molecule has 0 aromatic heterocycles. The van der Waals surface area contributed by atoms with Gasteiger partial charge in [0.25, 0.3) is 0 Å². The van der Waals surface area contributed by atoms with Gasteiger partial charge in [-0.1, -0.05) is 30.0 Å². The quantitative estimate of drug-likeness (QED) is 0.658. The first-order valence-corrected chi connectivity index (χ1v) is 4.78. The number of fused-ring (bicyclic) bond motifs is 1. The number of hydrogen-bond donors (Lipinski definition) is 1. The van der Waals surface area contributed by atoms with Crippen LogP contribution in [0.1, 0.15) is 12.5 Å². The SMILES string of the molecule is CC1=CC(O)Sc2ccccc21. The lowest BCUT2D eigenvalue weighted by molar-refractivity contribution is 0.309. The number of thioether (sulfide) groups is 1. The van der Waals surface area contributed by atoms with Crippen molar-refractivity contribution in [2.24, 2.45) is 0 Å². The molecule has 0 bridgehead atoms. The van der Waals surface area contributed by atoms with Gasteiger partial charge in [-0.25, -0.2) is 0 Å². The van der Waals surface area contributed by atoms with Crippen LogP contribution in [0.4, 0.5) is 0 Å². The Bertz CT molecular complexity index is 330. The monoisotopic (exact) mass is 178 g/mol. The first-order chi connectivity index (χ1) is 5.77. The number of aliphatic hydroxyl groups is 1. The second kappa shape index (κ2) is 2.96. The number of allylic oxidation sites excluding steroid dienone is 1. The molecule has 0 saturated carbocycles. The molecule has 0 radical (unpaired) electrons. The third-order valence-electron chi connectivity index (χ3n) is 1.95. The summed E-state index contributed by atoms with van der Waals surface area (Å²) in [7, 11) is 0. The van der Waals surface area contributed by atoms with Crippen LogP contribution in [0.3, 0.4) is 0 Å². The molecule has 1 atom stereocenters. The van der Waals surface area contributed by atoms with Crippen molar-refractivity contribution in [3.05, 3.63) is 35.9 Å². The lowest BCUT2D eigenvalue weighted by Crippen LogP contribution is -2.02. The summed E-state index contributed by atoms with van der Waals surface area (Å²) in [5.41, 5.74) is 2.03. The van der Waals surface area contributed by atoms with Crippen LogP contribution >= 0.6 is 11.8 Å². The van der Waals surface area contributed by atoms with Gasteiger partial charge in [-0.05, 0) is 30.2 Å². The minimum Gasteiger partial charge on any atom is -0.378 e. The van der Waals surface area contributed by atoms with Gasteiger partial charge in [0, 0.05) is 4.90 Å². The van der Waals surface area contributed by atoms with E-state index in [0.29, 0.717) is 0 Å². The zero-order valence-corrected chi connectivity index (χ0v) is 7.64. The third kappa shape index (κ3) is 1.28. The molecule has 1 aliphatic rings. The number of rotatable bonds is 0. The van der Waals surface area contributed by atoms with E-state index in [-0.39, 0.29) is 5.44 Å². The maximum Gasteiger partial charge on any atom is 0.123 e. The predicted octanol–water partition coefficient (Wildman–Crippen LogP) is 2.51. The maximum absolute atomic E-state index is 9.41. The first-order valence-electron chi connectivity index (χ1n) is 3.90. The smallest absolute Gasteiger partial charge is 0.123 e. The molecule has 0 saturated heterocycles. The van der Waals surface area contributed by atoms with Crippen LogP contribution in [0.2, 0.25) is 0 Å². The van der Waals surface area contributed by atoms with Crippen LogP contribution in [0.15, 0.2) is 35.2 Å². The standard InChI is InChI=1S/C10H10OS/c1-7-6-10(11)12-9-5-3-2-4-8(7)9/h2-6,10-11H,1H3. The Balaban J connectivity index is 2.53. The fourth-order valence-corrected chi connectivity index (χ4v) is 2.41. The van der Waals surface area contributed by atoms with Crippen molar-refractivity contribution >= 4 is 17.3 Å². The van der Waals surface area contributed by atoms with Crippen molar-refractivity contribution in [3.63, 3.8) is 0 Å². The lowest BCUT2D eigenvalue weighted by atomic mass is 10.1. The highest BCUT2D eigenvalue weighted by molar-refractivity contribution is 8.00. The van der Waals surface area contributed by atoms with Crippen LogP contribution in [-0.2, 0) is 0 Å². The van der Waals surface area contributed by atoms with E-state index in [4.69, 9.17) is 0 Å². The Labute approximate surface area is 76.1 Å². The number of benzene rings is 1. The predicted molar refractivity (Wildman–Crippen MR) is 52.0 cm³/mol. The third-order valence-corrected chi connectivity index (χ3v) is 2.94. The zero-order chi connectivity index (χ0) is 8.55. The fourth-order valence-electron chi connectivity index (χ4n) is 1.36. The number of aliphatic hydroxyl groups excluding tert-OH is 1. The van der Waals surface area contributed by atoms with Gasteiger partial charge < -0.3 is 5.11 Å². The summed E-state index contributed by atoms with van der Waals surface area (Å²) in [6.45, 7) is 2.03. The molecular formula is C10H10OS. The summed E-state index contributed by atoms with van der Waals surface area (Å²) in [5, 5.41) is 9.41. The Morgan fingerprint density at radius 1 is 1.33 bits per heavy atom. The molecule has 1 aromatic rings. The first kappa shape index (κ1) is 7.90. The Hall–Kier alpha value is -0.730. The van der Waals surface area contributed by atoms with Gasteiger partial charge in [-0.2, -0.15) is 0 Å². The number of hydrogen-bond acceptors (Lipinski definition) is 2. The van der Waals surface area contributed by atoms with Gasteiger partial charge in [-0.15, -0.1) is 0 Å². The molecular weight excluding hydrogens is 168 g/mol. The van der Waals surface area contributed by atoms with Gasteiger partial charge in [0.15, 0.2) is 0 Å². The molecule has 1 aromatic carbocycles. The van der Waals surface area contributed by atoms with Crippen molar-refractivity contribution < 1.29 is 5.11 Å². The van der Waals surface area contributed by atoms with Gasteiger partial charge in [-0.3, -0.25) is 0 Å². The molecule has 1 heterocycles. The summed E-state index contributed by atoms with van der Waals surface area (Å²) in [4.78, 5) is 1.17. The van der Waals surface area contributed by atoms with Crippen molar-refractivity contribution in [3.8, 4) is 0 Å². The molecule has 0 aliphatic carbocycles. The molecule has 2 rings (SSSR count). The average molecular weight is 178 g/mol. The molecule has 2 heteroatoms. The second-order valence-corrected chi connectivity index (χ2v) is 4.01. The normalized spacial score (nSPS) is 21.5. The van der Waals surface area contributed by atoms with Crippen LogP contribution in [-0.4, -0.2) is 10.5 Å². The van der Waals surface area contributed by atoms with E-state index in [1.165, 1.54) is 22.2 Å². The van der Waals surface area contributed by atoms with E-state index in [9.17, 15) is 5.11 Å². The zero-order valence-electron chi connectivity index (χ0n) is 6.82. The van der Waals surface area contributed by atoms with E-state index in [0.717, 1.165) is 5.57 Å². The lowest BCUT2D eigenvalue weighted by Gasteiger charge is -2.17. The van der Waals surface area contributed by atoms with Crippen molar-refractivity contribution in [2.45, 2.75) is 17.3 Å². The van der Waals surface area contributed by atoms with Crippen molar-refractivity contribution in [2.75, 3.05) is 0 Å². The average Bonchev–Trinajstić information content (AvgIpc) is 2.04. The topological polar surface area (TPSA) is 20.2 Å². The van der Waals surface area contributed by atoms with E-state index < -0.39 is 0 Å². The summed E-state index contributed by atoms with van der Waals surface area (Å²) in [5.74, 6) is 0. The van der Waals surface area contributed by atoms with Crippen LogP contribution in [0.25, 0.3) is 5.57 Å². The van der Waals surface area contributed by atoms with Crippen molar-refractivity contribution in [1.82, 2.24) is 0 Å². The van der Waals surface area contributed by atoms with Gasteiger partial charge in [0.1, 0.15) is 5.44 Å². The summed E-state index contributed by atoms with van der Waals surface area (Å²) in [6.07, 6.45) is 1.88. The van der Waals surface area contributed by atoms with Crippen molar-refractivity contribution in [1.29, 1.82) is 0 Å². The summed E-state index contributed by atoms with van der Waals surface area (Å²) < 4.78 is 0. The highest BCUT2D eigenvalue weighted by Crippen LogP contribution is 2.35. The Morgan fingerprint density at radius 2 is 2.08 bits per heavy atom. The fraction of sp³-hybridized carbons (Fsp3) is 0.200. The van der Waals surface area contributed by atoms with Crippen LogP contribution < -0.4 is 0 Å². The van der Waals surface area contributed by atoms with E-state index in [2.05, 4.69) is 6.07 Å². The molecule has 1 unspecified atom stereocenters. The maximum atomic E-state index is 9.41. The molecule has 0 amide bonds. The molecule has 1 nitrogen and oxygen atoms in total. The van der Waals surface area contributed by atoms with Crippen LogP contribution in [0, 0.1) is 0 Å². The molecule has 12 heavy (non-hydrogen) atoms. The molecule has 1 N–H and O–H groups in total. The van der Waals surface area contributed by atoms with Gasteiger partial charge >= 0.3 is 0 Å². The highest BCUT2D eigenvalue weighted by atomic mass is 32.2. The largest absolute Gasteiger partial charge is 0.378 e. The molecule has 0 spiro atoms.